The predicted octanol–water partition coefficient (Wildman–Crippen LogP) is 3.72. The van der Waals surface area contributed by atoms with Gasteiger partial charge < -0.3 is 10.2 Å². The van der Waals surface area contributed by atoms with Crippen molar-refractivity contribution in [3.8, 4) is 11.5 Å². The quantitative estimate of drug-likeness (QED) is 0.785. The van der Waals surface area contributed by atoms with Crippen molar-refractivity contribution < 1.29 is 4.42 Å². The Morgan fingerprint density at radius 3 is 2.89 bits per heavy atom. The van der Waals surface area contributed by atoms with E-state index in [0.717, 1.165) is 32.5 Å². The first-order valence-corrected chi connectivity index (χ1v) is 6.40. The van der Waals surface area contributed by atoms with Crippen molar-refractivity contribution in [1.82, 2.24) is 4.98 Å². The van der Waals surface area contributed by atoms with Crippen molar-refractivity contribution in [2.45, 2.75) is 6.54 Å². The maximum Gasteiger partial charge on any atom is 0.153 e. The Kier molecular flexibility index (Phi) is 2.89. The molecule has 0 saturated carbocycles. The lowest BCUT2D eigenvalue weighted by atomic mass is 10.2. The van der Waals surface area contributed by atoms with Crippen molar-refractivity contribution in [2.75, 3.05) is 0 Å². The Morgan fingerprint density at radius 2 is 2.11 bits per heavy atom. The molecule has 2 aromatic heterocycles. The maximum absolute atomic E-state index is 5.80. The Hall–Kier alpha value is -1.65. The second-order valence-electron chi connectivity index (χ2n) is 4.02. The van der Waals surface area contributed by atoms with Crippen molar-refractivity contribution in [2.24, 2.45) is 5.73 Å². The van der Waals surface area contributed by atoms with Gasteiger partial charge in [-0.05, 0) is 35.9 Å². The van der Waals surface area contributed by atoms with Crippen LogP contribution in [-0.2, 0) is 6.54 Å². The molecule has 0 saturated heterocycles. The number of rotatable bonds is 2. The molecule has 3 rings (SSSR count). The summed E-state index contributed by atoms with van der Waals surface area (Å²) in [6.45, 7) is 0.499. The van der Waals surface area contributed by atoms with E-state index in [1.165, 1.54) is 0 Å². The molecule has 2 heterocycles. The number of fused-ring (bicyclic) bond motifs is 1. The van der Waals surface area contributed by atoms with Gasteiger partial charge in [0, 0.05) is 22.6 Å². The molecule has 0 fully saturated rings. The summed E-state index contributed by atoms with van der Waals surface area (Å²) >= 11 is 3.51. The van der Waals surface area contributed by atoms with Crippen molar-refractivity contribution in [3.63, 3.8) is 0 Å². The van der Waals surface area contributed by atoms with Gasteiger partial charge in [0.1, 0.15) is 11.3 Å². The van der Waals surface area contributed by atoms with E-state index in [0.29, 0.717) is 6.54 Å². The van der Waals surface area contributed by atoms with Crippen LogP contribution in [0.25, 0.3) is 22.4 Å². The lowest BCUT2D eigenvalue weighted by molar-refractivity contribution is 0.628. The van der Waals surface area contributed by atoms with Gasteiger partial charge in [0.2, 0.25) is 0 Å². The fourth-order valence-corrected chi connectivity index (χ4v) is 2.35. The number of pyridine rings is 1. The molecule has 0 radical (unpaired) electrons. The Bertz CT molecular complexity index is 706. The number of hydrogen-bond donors (Lipinski definition) is 1. The van der Waals surface area contributed by atoms with Crippen LogP contribution in [-0.4, -0.2) is 4.98 Å². The number of aromatic nitrogens is 1. The highest BCUT2D eigenvalue weighted by atomic mass is 79.9. The molecule has 18 heavy (non-hydrogen) atoms. The molecule has 2 N–H and O–H groups in total. The van der Waals surface area contributed by atoms with E-state index >= 15 is 0 Å². The van der Waals surface area contributed by atoms with E-state index in [1.54, 1.807) is 6.20 Å². The second kappa shape index (κ2) is 4.55. The molecule has 0 bridgehead atoms. The summed E-state index contributed by atoms with van der Waals surface area (Å²) in [5.41, 5.74) is 8.32. The van der Waals surface area contributed by atoms with Crippen LogP contribution >= 0.6 is 15.9 Å². The molecule has 90 valence electrons. The third-order valence-electron chi connectivity index (χ3n) is 2.82. The van der Waals surface area contributed by atoms with E-state index < -0.39 is 0 Å². The van der Waals surface area contributed by atoms with Gasteiger partial charge in [-0.1, -0.05) is 22.0 Å². The van der Waals surface area contributed by atoms with Gasteiger partial charge in [0.05, 0.1) is 0 Å². The number of benzene rings is 1. The number of nitrogens with zero attached hydrogens (tertiary/aromatic N) is 1. The molecule has 1 aromatic carbocycles. The fraction of sp³-hybridized carbons (Fsp3) is 0.0714. The number of nitrogens with two attached hydrogens (primary N) is 1. The van der Waals surface area contributed by atoms with Crippen molar-refractivity contribution in [3.05, 3.63) is 52.6 Å². The van der Waals surface area contributed by atoms with Gasteiger partial charge in [-0.25, -0.2) is 0 Å². The normalized spacial score (nSPS) is 11.0. The zero-order valence-corrected chi connectivity index (χ0v) is 11.1. The minimum atomic E-state index is 0.499. The maximum atomic E-state index is 5.80. The van der Waals surface area contributed by atoms with Gasteiger partial charge in [-0.15, -0.1) is 0 Å². The highest BCUT2D eigenvalue weighted by Crippen LogP contribution is 2.31. The molecule has 3 aromatic rings. The van der Waals surface area contributed by atoms with E-state index in [2.05, 4.69) is 20.9 Å². The minimum Gasteiger partial charge on any atom is -0.454 e. The minimum absolute atomic E-state index is 0.499. The SMILES string of the molecule is NCc1ccnc(-c2cc3c(Br)cccc3o2)c1. The van der Waals surface area contributed by atoms with Gasteiger partial charge in [0.15, 0.2) is 5.76 Å². The van der Waals surface area contributed by atoms with Crippen molar-refractivity contribution >= 4 is 26.9 Å². The zero-order chi connectivity index (χ0) is 12.5. The average Bonchev–Trinajstić information content (AvgIpc) is 2.84. The summed E-state index contributed by atoms with van der Waals surface area (Å²) < 4.78 is 6.82. The lowest BCUT2D eigenvalue weighted by Gasteiger charge is -1.98. The first kappa shape index (κ1) is 11.4. The lowest BCUT2D eigenvalue weighted by Crippen LogP contribution is -1.96. The van der Waals surface area contributed by atoms with Crippen LogP contribution in [0.3, 0.4) is 0 Å². The van der Waals surface area contributed by atoms with Gasteiger partial charge >= 0.3 is 0 Å². The van der Waals surface area contributed by atoms with Crippen LogP contribution in [0.1, 0.15) is 5.56 Å². The molecular formula is C14H11BrN2O. The Balaban J connectivity index is 2.16. The standard InChI is InChI=1S/C14H11BrN2O/c15-11-2-1-3-13-10(11)7-14(18-13)12-6-9(8-16)4-5-17-12/h1-7H,8,16H2. The summed E-state index contributed by atoms with van der Waals surface area (Å²) in [7, 11) is 0. The van der Waals surface area contributed by atoms with Crippen LogP contribution in [0.2, 0.25) is 0 Å². The Labute approximate surface area is 113 Å². The third-order valence-corrected chi connectivity index (χ3v) is 3.51. The number of hydrogen-bond acceptors (Lipinski definition) is 3. The molecule has 0 unspecified atom stereocenters. The number of halogens is 1. The van der Waals surface area contributed by atoms with Crippen LogP contribution in [0, 0.1) is 0 Å². The van der Waals surface area contributed by atoms with Crippen LogP contribution in [0.4, 0.5) is 0 Å². The molecule has 3 nitrogen and oxygen atoms in total. The molecule has 0 aliphatic rings. The van der Waals surface area contributed by atoms with E-state index in [-0.39, 0.29) is 0 Å². The highest BCUT2D eigenvalue weighted by Gasteiger charge is 2.09. The van der Waals surface area contributed by atoms with E-state index in [9.17, 15) is 0 Å². The van der Waals surface area contributed by atoms with Crippen molar-refractivity contribution in [1.29, 1.82) is 0 Å². The monoisotopic (exact) mass is 302 g/mol. The molecule has 0 aliphatic carbocycles. The molecular weight excluding hydrogens is 292 g/mol. The molecule has 0 aliphatic heterocycles. The van der Waals surface area contributed by atoms with Gasteiger partial charge in [-0.3, -0.25) is 4.98 Å². The first-order valence-electron chi connectivity index (χ1n) is 5.61. The van der Waals surface area contributed by atoms with Gasteiger partial charge in [-0.2, -0.15) is 0 Å². The highest BCUT2D eigenvalue weighted by molar-refractivity contribution is 9.10. The molecule has 4 heteroatoms. The average molecular weight is 303 g/mol. The molecule has 0 spiro atoms. The summed E-state index contributed by atoms with van der Waals surface area (Å²) in [5.74, 6) is 0.757. The zero-order valence-electron chi connectivity index (χ0n) is 9.56. The summed E-state index contributed by atoms with van der Waals surface area (Å²) in [6, 6.07) is 11.7. The fourth-order valence-electron chi connectivity index (χ4n) is 1.89. The summed E-state index contributed by atoms with van der Waals surface area (Å²) in [5, 5.41) is 1.05. The van der Waals surface area contributed by atoms with Gasteiger partial charge in [0.25, 0.3) is 0 Å². The largest absolute Gasteiger partial charge is 0.454 e. The third kappa shape index (κ3) is 1.94. The molecule has 0 amide bonds. The first-order chi connectivity index (χ1) is 8.78. The smallest absolute Gasteiger partial charge is 0.153 e. The van der Waals surface area contributed by atoms with E-state index in [4.69, 9.17) is 10.2 Å². The topological polar surface area (TPSA) is 52.0 Å². The van der Waals surface area contributed by atoms with Crippen LogP contribution < -0.4 is 5.73 Å². The Morgan fingerprint density at radius 1 is 1.22 bits per heavy atom. The molecule has 0 atom stereocenters. The number of furan rings is 1. The van der Waals surface area contributed by atoms with Crippen LogP contribution in [0.5, 0.6) is 0 Å². The summed E-state index contributed by atoms with van der Waals surface area (Å²) in [4.78, 5) is 4.32. The van der Waals surface area contributed by atoms with Crippen LogP contribution in [0.15, 0.2) is 51.5 Å². The summed E-state index contributed by atoms with van der Waals surface area (Å²) in [6.07, 6.45) is 1.75. The van der Waals surface area contributed by atoms with E-state index in [1.807, 2.05) is 36.4 Å². The second-order valence-corrected chi connectivity index (χ2v) is 4.87. The predicted molar refractivity (Wildman–Crippen MR) is 75.0 cm³/mol.